The number of nitrogens with zero attached hydrogens (tertiary/aromatic N) is 4. The Hall–Kier alpha value is -6.24. The number of thiazole rings is 2. The van der Waals surface area contributed by atoms with E-state index >= 15 is 0 Å². The van der Waals surface area contributed by atoms with Crippen molar-refractivity contribution in [3.8, 4) is 0 Å². The monoisotopic (exact) mass is 752 g/mol. The van der Waals surface area contributed by atoms with E-state index in [0.717, 1.165) is 31.6 Å². The number of anilines is 2. The molecule has 0 spiro atoms. The fourth-order valence-corrected chi connectivity index (χ4v) is 7.53. The summed E-state index contributed by atoms with van der Waals surface area (Å²) in [5.41, 5.74) is 8.52. The van der Waals surface area contributed by atoms with E-state index < -0.39 is 23.9 Å². The molecule has 7 rings (SSSR count). The molecule has 5 aromatic carbocycles. The van der Waals surface area contributed by atoms with Gasteiger partial charge in [0, 0.05) is 49.4 Å². The molecule has 1 unspecified atom stereocenters. The van der Waals surface area contributed by atoms with Crippen molar-refractivity contribution in [2.45, 2.75) is 24.9 Å². The molecule has 10 nitrogen and oxygen atoms in total. The first-order chi connectivity index (χ1) is 26.2. The van der Waals surface area contributed by atoms with E-state index in [1.807, 2.05) is 97.1 Å². The number of rotatable bonds is 12. The first-order valence-corrected chi connectivity index (χ1v) is 19.0. The van der Waals surface area contributed by atoms with E-state index in [2.05, 4.69) is 20.6 Å². The topological polar surface area (TPSA) is 125 Å². The molecule has 2 aromatic heterocycles. The Morgan fingerprint density at radius 1 is 0.556 bits per heavy atom. The molecule has 4 amide bonds. The van der Waals surface area contributed by atoms with E-state index in [1.54, 1.807) is 43.3 Å². The SMILES string of the molecule is CN(C(=O)C(Cc1ccccc1)NC(=O)c1cccc(C(=O)N[C@@H](Cc2ccccc2)C(=O)N(C)c2ccc3scnc3c2)c1)c1ccc2scnc2c1. The number of aromatic nitrogens is 2. The zero-order valence-electron chi connectivity index (χ0n) is 29.5. The molecule has 2 atom stereocenters. The molecule has 2 N–H and O–H groups in total. The quantitative estimate of drug-likeness (QED) is 0.140. The average Bonchev–Trinajstić information content (AvgIpc) is 3.89. The summed E-state index contributed by atoms with van der Waals surface area (Å²) in [6.45, 7) is 0. The van der Waals surface area contributed by atoms with Crippen LogP contribution in [0.25, 0.3) is 20.4 Å². The van der Waals surface area contributed by atoms with E-state index in [-0.39, 0.29) is 35.8 Å². The Morgan fingerprint density at radius 2 is 0.981 bits per heavy atom. The summed E-state index contributed by atoms with van der Waals surface area (Å²) in [5.74, 6) is -1.65. The predicted molar refractivity (Wildman–Crippen MR) is 215 cm³/mol. The molecule has 12 heteroatoms. The largest absolute Gasteiger partial charge is 0.340 e. The van der Waals surface area contributed by atoms with Gasteiger partial charge in [0.2, 0.25) is 11.8 Å². The van der Waals surface area contributed by atoms with Crippen LogP contribution < -0.4 is 20.4 Å². The van der Waals surface area contributed by atoms with Crippen LogP contribution in [0.5, 0.6) is 0 Å². The number of benzene rings is 5. The van der Waals surface area contributed by atoms with Crippen molar-refractivity contribution >= 4 is 78.1 Å². The summed E-state index contributed by atoms with van der Waals surface area (Å²) in [5, 5.41) is 5.85. The lowest BCUT2D eigenvalue weighted by Crippen LogP contribution is -2.49. The third-order valence-corrected chi connectivity index (χ3v) is 10.8. The fraction of sp³-hybridized carbons (Fsp3) is 0.143. The lowest BCUT2D eigenvalue weighted by atomic mass is 10.0. The molecule has 270 valence electrons. The van der Waals surface area contributed by atoms with E-state index in [9.17, 15) is 19.2 Å². The molecule has 0 aliphatic rings. The van der Waals surface area contributed by atoms with Gasteiger partial charge in [-0.15, -0.1) is 22.7 Å². The van der Waals surface area contributed by atoms with Crippen molar-refractivity contribution in [3.63, 3.8) is 0 Å². The van der Waals surface area contributed by atoms with E-state index in [0.29, 0.717) is 11.4 Å². The molecule has 0 saturated carbocycles. The predicted octanol–water partition coefficient (Wildman–Crippen LogP) is 6.91. The highest BCUT2D eigenvalue weighted by atomic mass is 32.1. The molecule has 2 heterocycles. The van der Waals surface area contributed by atoms with Crippen molar-refractivity contribution in [3.05, 3.63) is 155 Å². The van der Waals surface area contributed by atoms with Crippen LogP contribution in [0.1, 0.15) is 31.8 Å². The minimum Gasteiger partial charge on any atom is -0.340 e. The second-order valence-electron chi connectivity index (χ2n) is 12.8. The highest BCUT2D eigenvalue weighted by molar-refractivity contribution is 7.17. The van der Waals surface area contributed by atoms with Crippen molar-refractivity contribution in [1.29, 1.82) is 0 Å². The van der Waals surface area contributed by atoms with Gasteiger partial charge < -0.3 is 20.4 Å². The zero-order valence-corrected chi connectivity index (χ0v) is 31.1. The lowest BCUT2D eigenvalue weighted by molar-refractivity contribution is -0.120. The Morgan fingerprint density at radius 3 is 1.41 bits per heavy atom. The van der Waals surface area contributed by atoms with Crippen LogP contribution in [0.2, 0.25) is 0 Å². The van der Waals surface area contributed by atoms with E-state index in [1.165, 1.54) is 38.5 Å². The van der Waals surface area contributed by atoms with E-state index in [4.69, 9.17) is 0 Å². The Kier molecular flexibility index (Phi) is 10.8. The maximum atomic E-state index is 14.0. The number of hydrogen-bond acceptors (Lipinski definition) is 8. The summed E-state index contributed by atoms with van der Waals surface area (Å²) in [6.07, 6.45) is 0.502. The van der Waals surface area contributed by atoms with Gasteiger partial charge in [0.25, 0.3) is 11.8 Å². The van der Waals surface area contributed by atoms with Crippen LogP contribution in [0.4, 0.5) is 11.4 Å². The van der Waals surface area contributed by atoms with Gasteiger partial charge >= 0.3 is 0 Å². The number of carbonyl (C=O) groups excluding carboxylic acids is 4. The van der Waals surface area contributed by atoms with Gasteiger partial charge in [-0.05, 0) is 65.7 Å². The Balaban J connectivity index is 1.10. The maximum Gasteiger partial charge on any atom is 0.251 e. The fourth-order valence-electron chi connectivity index (χ4n) is 6.22. The van der Waals surface area contributed by atoms with Crippen molar-refractivity contribution < 1.29 is 19.2 Å². The molecule has 0 radical (unpaired) electrons. The Bertz CT molecular complexity index is 2280. The van der Waals surface area contributed by atoms with Gasteiger partial charge in [-0.3, -0.25) is 19.2 Å². The molecular weight excluding hydrogens is 717 g/mol. The van der Waals surface area contributed by atoms with Gasteiger partial charge in [0.05, 0.1) is 31.5 Å². The second-order valence-corrected chi connectivity index (χ2v) is 14.6. The summed E-state index contributed by atoms with van der Waals surface area (Å²) >= 11 is 3.04. The number of hydrogen-bond donors (Lipinski definition) is 2. The van der Waals surface area contributed by atoms with Crippen molar-refractivity contribution in [2.24, 2.45) is 0 Å². The normalized spacial score (nSPS) is 12.2. The van der Waals surface area contributed by atoms with Crippen LogP contribution in [-0.4, -0.2) is 59.8 Å². The number of carbonyl (C=O) groups is 4. The Labute approximate surface area is 320 Å². The molecule has 0 fully saturated rings. The average molecular weight is 753 g/mol. The second kappa shape index (κ2) is 16.2. The van der Waals surface area contributed by atoms with Crippen molar-refractivity contribution in [1.82, 2.24) is 20.6 Å². The number of nitrogens with one attached hydrogen (secondary N) is 2. The van der Waals surface area contributed by atoms with Crippen LogP contribution in [-0.2, 0) is 22.4 Å². The highest BCUT2D eigenvalue weighted by Gasteiger charge is 2.28. The summed E-state index contributed by atoms with van der Waals surface area (Å²) in [7, 11) is 3.35. The number of fused-ring (bicyclic) bond motifs is 2. The van der Waals surface area contributed by atoms with Gasteiger partial charge in [-0.1, -0.05) is 66.7 Å². The van der Waals surface area contributed by atoms with Gasteiger partial charge in [0.1, 0.15) is 12.1 Å². The first kappa shape index (κ1) is 36.1. The molecule has 0 bridgehead atoms. The van der Waals surface area contributed by atoms with Crippen LogP contribution >= 0.6 is 22.7 Å². The molecule has 0 saturated heterocycles. The smallest absolute Gasteiger partial charge is 0.251 e. The molecule has 0 aliphatic carbocycles. The summed E-state index contributed by atoms with van der Waals surface area (Å²) in [6, 6.07) is 34.6. The molecule has 54 heavy (non-hydrogen) atoms. The number of amides is 4. The number of likely N-dealkylation sites (N-methyl/N-ethyl adjacent to an activating group) is 2. The van der Waals surface area contributed by atoms with Gasteiger partial charge in [-0.25, -0.2) is 9.97 Å². The maximum absolute atomic E-state index is 14.0. The van der Waals surface area contributed by atoms with Gasteiger partial charge in [0.15, 0.2) is 0 Å². The molecule has 0 aliphatic heterocycles. The third kappa shape index (κ3) is 8.20. The van der Waals surface area contributed by atoms with Crippen LogP contribution in [0, 0.1) is 0 Å². The molecular formula is C42H36N6O4S2. The first-order valence-electron chi connectivity index (χ1n) is 17.2. The van der Waals surface area contributed by atoms with Gasteiger partial charge in [-0.2, -0.15) is 0 Å². The van der Waals surface area contributed by atoms with Crippen LogP contribution in [0.3, 0.4) is 0 Å². The minimum absolute atomic E-state index is 0.194. The van der Waals surface area contributed by atoms with Crippen molar-refractivity contribution in [2.75, 3.05) is 23.9 Å². The molecule has 7 aromatic rings. The van der Waals surface area contributed by atoms with Crippen LogP contribution in [0.15, 0.2) is 132 Å². The standard InChI is InChI=1S/C42H36N6O4S2/c1-47(31-16-18-37-33(23-31)43-25-53-37)41(51)35(20-27-10-5-3-6-11-27)45-39(49)29-14-9-15-30(22-29)40(50)46-36(21-28-12-7-4-8-13-28)42(52)48(2)32-17-19-38-34(24-32)44-26-54-38/h3-19,22-26,35-36H,20-21H2,1-2H3,(H,45,49)(H,46,50)/t35-,36?/m0/s1. The highest BCUT2D eigenvalue weighted by Crippen LogP contribution is 2.26. The summed E-state index contributed by atoms with van der Waals surface area (Å²) in [4.78, 5) is 67.4. The zero-order chi connectivity index (χ0) is 37.6. The minimum atomic E-state index is -0.916. The lowest BCUT2D eigenvalue weighted by Gasteiger charge is -2.25. The third-order valence-electron chi connectivity index (χ3n) is 9.22. The summed E-state index contributed by atoms with van der Waals surface area (Å²) < 4.78 is 2.02.